The summed E-state index contributed by atoms with van der Waals surface area (Å²) in [7, 11) is 6.54. The molecule has 0 aliphatic carbocycles. The lowest BCUT2D eigenvalue weighted by Crippen LogP contribution is -2.58. The van der Waals surface area contributed by atoms with E-state index in [0.29, 0.717) is 12.1 Å². The van der Waals surface area contributed by atoms with Crippen LogP contribution in [0.25, 0.3) is 0 Å². The van der Waals surface area contributed by atoms with Gasteiger partial charge in [0.25, 0.3) is 0 Å². The first kappa shape index (κ1) is 14.5. The van der Waals surface area contributed by atoms with E-state index in [0.717, 1.165) is 19.5 Å². The van der Waals surface area contributed by atoms with Gasteiger partial charge in [-0.25, -0.2) is 0 Å². The fourth-order valence-electron chi connectivity index (χ4n) is 2.59. The van der Waals surface area contributed by atoms with E-state index in [4.69, 9.17) is 0 Å². The van der Waals surface area contributed by atoms with Crippen LogP contribution in [0, 0.1) is 0 Å². The Hall–Kier alpha value is 0.0600. The van der Waals surface area contributed by atoms with Gasteiger partial charge in [-0.3, -0.25) is 4.90 Å². The number of halogens is 1. The highest BCUT2D eigenvalue weighted by Gasteiger charge is 2.29. The minimum Gasteiger partial charge on any atom is -0.315 e. The third-order valence-corrected chi connectivity index (χ3v) is 5.43. The molecule has 102 valence electrons. The number of piperazine rings is 1. The van der Waals surface area contributed by atoms with Crippen LogP contribution in [-0.4, -0.2) is 62.7 Å². The summed E-state index contributed by atoms with van der Waals surface area (Å²) < 4.78 is 1.22. The summed E-state index contributed by atoms with van der Waals surface area (Å²) in [5.41, 5.74) is 0. The summed E-state index contributed by atoms with van der Waals surface area (Å²) in [5, 5.41) is 3.50. The van der Waals surface area contributed by atoms with E-state index < -0.39 is 0 Å². The van der Waals surface area contributed by atoms with Crippen molar-refractivity contribution in [2.45, 2.75) is 18.5 Å². The van der Waals surface area contributed by atoms with Crippen LogP contribution >= 0.6 is 27.3 Å². The Balaban J connectivity index is 2.02. The van der Waals surface area contributed by atoms with Crippen LogP contribution in [0.15, 0.2) is 15.9 Å². The summed E-state index contributed by atoms with van der Waals surface area (Å²) in [6.45, 7) is 3.48. The Labute approximate surface area is 122 Å². The minimum atomic E-state index is 0.517. The maximum absolute atomic E-state index is 3.54. The number of rotatable bonds is 4. The SMILES string of the molecule is CNC(Cc1ccc(Br)s1)C1CN(C)CCN1C. The van der Waals surface area contributed by atoms with Crippen molar-refractivity contribution in [2.75, 3.05) is 40.8 Å². The van der Waals surface area contributed by atoms with Crippen LogP contribution in [0.1, 0.15) is 4.88 Å². The van der Waals surface area contributed by atoms with Gasteiger partial charge in [-0.15, -0.1) is 11.3 Å². The summed E-state index contributed by atoms with van der Waals surface area (Å²) in [6.07, 6.45) is 1.11. The summed E-state index contributed by atoms with van der Waals surface area (Å²) in [5.74, 6) is 0. The van der Waals surface area contributed by atoms with E-state index in [2.05, 4.69) is 64.3 Å². The highest BCUT2D eigenvalue weighted by molar-refractivity contribution is 9.11. The Kier molecular flexibility index (Phi) is 5.21. The zero-order valence-corrected chi connectivity index (χ0v) is 13.7. The number of likely N-dealkylation sites (N-methyl/N-ethyl adjacent to an activating group) is 3. The number of thiophene rings is 1. The molecule has 2 rings (SSSR count). The second-order valence-electron chi connectivity index (χ2n) is 5.12. The minimum absolute atomic E-state index is 0.517. The van der Waals surface area contributed by atoms with Gasteiger partial charge in [-0.1, -0.05) is 0 Å². The Morgan fingerprint density at radius 1 is 1.44 bits per heavy atom. The average Bonchev–Trinajstić information content (AvgIpc) is 2.75. The number of hydrogen-bond acceptors (Lipinski definition) is 4. The zero-order valence-electron chi connectivity index (χ0n) is 11.3. The molecule has 1 N–H and O–H groups in total. The van der Waals surface area contributed by atoms with Crippen molar-refractivity contribution in [3.05, 3.63) is 20.8 Å². The van der Waals surface area contributed by atoms with Crippen molar-refractivity contribution < 1.29 is 0 Å². The van der Waals surface area contributed by atoms with Crippen molar-refractivity contribution in [3.8, 4) is 0 Å². The van der Waals surface area contributed by atoms with Crippen LogP contribution < -0.4 is 5.32 Å². The summed E-state index contributed by atoms with van der Waals surface area (Å²) in [6, 6.07) is 5.48. The monoisotopic (exact) mass is 331 g/mol. The van der Waals surface area contributed by atoms with E-state index in [1.807, 2.05) is 11.3 Å². The van der Waals surface area contributed by atoms with Crippen LogP contribution in [0.3, 0.4) is 0 Å². The second kappa shape index (κ2) is 6.48. The van der Waals surface area contributed by atoms with E-state index >= 15 is 0 Å². The molecule has 1 aromatic rings. The quantitative estimate of drug-likeness (QED) is 0.908. The number of nitrogens with zero attached hydrogens (tertiary/aromatic N) is 2. The van der Waals surface area contributed by atoms with Crippen LogP contribution in [0.4, 0.5) is 0 Å². The molecule has 1 aliphatic heterocycles. The Morgan fingerprint density at radius 2 is 2.22 bits per heavy atom. The van der Waals surface area contributed by atoms with Gasteiger partial charge >= 0.3 is 0 Å². The topological polar surface area (TPSA) is 18.5 Å². The molecule has 0 amide bonds. The average molecular weight is 332 g/mol. The molecule has 0 spiro atoms. The summed E-state index contributed by atoms with van der Waals surface area (Å²) in [4.78, 5) is 6.37. The van der Waals surface area contributed by atoms with Gasteiger partial charge < -0.3 is 10.2 Å². The van der Waals surface area contributed by atoms with E-state index in [1.54, 1.807) is 0 Å². The van der Waals surface area contributed by atoms with Crippen molar-refractivity contribution in [1.29, 1.82) is 0 Å². The second-order valence-corrected chi connectivity index (χ2v) is 7.66. The van der Waals surface area contributed by atoms with Gasteiger partial charge in [0.05, 0.1) is 3.79 Å². The molecule has 2 atom stereocenters. The molecule has 0 saturated carbocycles. The molecule has 5 heteroatoms. The van der Waals surface area contributed by atoms with Crippen molar-refractivity contribution in [2.24, 2.45) is 0 Å². The van der Waals surface area contributed by atoms with Crippen molar-refractivity contribution >= 4 is 27.3 Å². The van der Waals surface area contributed by atoms with E-state index in [9.17, 15) is 0 Å². The van der Waals surface area contributed by atoms with Crippen LogP contribution in [0.2, 0.25) is 0 Å². The van der Waals surface area contributed by atoms with Crippen LogP contribution in [-0.2, 0) is 6.42 Å². The third kappa shape index (κ3) is 3.54. The van der Waals surface area contributed by atoms with Gasteiger partial charge in [-0.05, 0) is 55.6 Å². The van der Waals surface area contributed by atoms with Gasteiger partial charge in [0.1, 0.15) is 0 Å². The molecule has 1 aliphatic rings. The highest BCUT2D eigenvalue weighted by Crippen LogP contribution is 2.24. The van der Waals surface area contributed by atoms with Gasteiger partial charge in [0, 0.05) is 36.6 Å². The summed E-state index contributed by atoms with van der Waals surface area (Å²) >= 11 is 5.38. The van der Waals surface area contributed by atoms with E-state index in [1.165, 1.54) is 15.2 Å². The first-order valence-electron chi connectivity index (χ1n) is 6.40. The molecular weight excluding hydrogens is 310 g/mol. The maximum atomic E-state index is 3.54. The van der Waals surface area contributed by atoms with Gasteiger partial charge in [0.2, 0.25) is 0 Å². The predicted octanol–water partition coefficient (Wildman–Crippen LogP) is 1.89. The number of nitrogens with one attached hydrogen (secondary N) is 1. The molecule has 1 saturated heterocycles. The van der Waals surface area contributed by atoms with Crippen LogP contribution in [0.5, 0.6) is 0 Å². The zero-order chi connectivity index (χ0) is 13.1. The lowest BCUT2D eigenvalue weighted by Gasteiger charge is -2.41. The Morgan fingerprint density at radius 3 is 2.83 bits per heavy atom. The standard InChI is InChI=1S/C13H22BrN3S/c1-15-11(8-10-4-5-13(14)18-10)12-9-16(2)6-7-17(12)3/h4-5,11-12,15H,6-9H2,1-3H3. The fraction of sp³-hybridized carbons (Fsp3) is 0.692. The van der Waals surface area contributed by atoms with E-state index in [-0.39, 0.29) is 0 Å². The largest absolute Gasteiger partial charge is 0.315 e. The molecule has 18 heavy (non-hydrogen) atoms. The molecule has 0 aromatic carbocycles. The molecule has 3 nitrogen and oxygen atoms in total. The smallest absolute Gasteiger partial charge is 0.0701 e. The fourth-order valence-corrected chi connectivity index (χ4v) is 4.13. The lowest BCUT2D eigenvalue weighted by atomic mass is 10.0. The van der Waals surface area contributed by atoms with Crippen molar-refractivity contribution in [3.63, 3.8) is 0 Å². The third-order valence-electron chi connectivity index (χ3n) is 3.78. The number of hydrogen-bond donors (Lipinski definition) is 1. The molecule has 0 bridgehead atoms. The van der Waals surface area contributed by atoms with Gasteiger partial charge in [-0.2, -0.15) is 0 Å². The van der Waals surface area contributed by atoms with Crippen molar-refractivity contribution in [1.82, 2.24) is 15.1 Å². The first-order chi connectivity index (χ1) is 8.60. The predicted molar refractivity (Wildman–Crippen MR) is 82.5 cm³/mol. The highest BCUT2D eigenvalue weighted by atomic mass is 79.9. The lowest BCUT2D eigenvalue weighted by molar-refractivity contribution is 0.0899. The molecule has 2 unspecified atom stereocenters. The Bertz CT molecular complexity index is 382. The van der Waals surface area contributed by atoms with Gasteiger partial charge in [0.15, 0.2) is 0 Å². The molecule has 1 fully saturated rings. The first-order valence-corrected chi connectivity index (χ1v) is 8.01. The molecular formula is C13H22BrN3S. The normalized spacial score (nSPS) is 24.3. The molecule has 0 radical (unpaired) electrons. The molecule has 1 aromatic heterocycles. The molecule has 2 heterocycles. The maximum Gasteiger partial charge on any atom is 0.0701 e.